The van der Waals surface area contributed by atoms with Crippen LogP contribution in [-0.4, -0.2) is 59.2 Å². The second-order valence-electron chi connectivity index (χ2n) is 5.33. The van der Waals surface area contributed by atoms with Crippen LogP contribution in [0.4, 0.5) is 0 Å². The van der Waals surface area contributed by atoms with Crippen LogP contribution in [0.2, 0.25) is 0 Å². The third-order valence-electron chi connectivity index (χ3n) is 2.88. The van der Waals surface area contributed by atoms with Gasteiger partial charge in [0, 0.05) is 23.7 Å². The molecule has 23 heavy (non-hydrogen) atoms. The van der Waals surface area contributed by atoms with Gasteiger partial charge in [-0.3, -0.25) is 4.79 Å². The summed E-state index contributed by atoms with van der Waals surface area (Å²) in [5.41, 5.74) is 5.61. The molecular formula is C15H27NO6S. The Bertz CT molecular complexity index is 388. The average Bonchev–Trinajstić information content (AvgIpc) is 2.48. The van der Waals surface area contributed by atoms with Gasteiger partial charge in [-0.2, -0.15) is 11.8 Å². The van der Waals surface area contributed by atoms with Gasteiger partial charge in [-0.05, 0) is 12.7 Å². The smallest absolute Gasteiger partial charge is 0.333 e. The number of carbonyl (C=O) groups is 2. The van der Waals surface area contributed by atoms with Crippen LogP contribution >= 0.6 is 11.8 Å². The van der Waals surface area contributed by atoms with Crippen LogP contribution in [0.5, 0.6) is 0 Å². The molecule has 0 aromatic rings. The van der Waals surface area contributed by atoms with Gasteiger partial charge in [0.05, 0.1) is 19.1 Å². The summed E-state index contributed by atoms with van der Waals surface area (Å²) in [6.45, 7) is 6.71. The lowest BCUT2D eigenvalue weighted by atomic mass is 10.2. The van der Waals surface area contributed by atoms with Crippen molar-refractivity contribution in [2.24, 2.45) is 11.7 Å². The van der Waals surface area contributed by atoms with Gasteiger partial charge < -0.3 is 25.4 Å². The molecule has 0 spiro atoms. The quantitative estimate of drug-likeness (QED) is 0.201. The molecule has 3 atom stereocenters. The molecule has 0 aromatic carbocycles. The summed E-state index contributed by atoms with van der Waals surface area (Å²) in [6, 6.07) is 0. The minimum absolute atomic E-state index is 0.0412. The van der Waals surface area contributed by atoms with E-state index in [1.54, 1.807) is 0 Å². The Hall–Kier alpha value is -1.09. The van der Waals surface area contributed by atoms with Gasteiger partial charge in [0.1, 0.15) is 12.8 Å². The second kappa shape index (κ2) is 12.3. The van der Waals surface area contributed by atoms with Crippen molar-refractivity contribution in [1.82, 2.24) is 0 Å². The molecule has 0 heterocycles. The zero-order valence-electron chi connectivity index (χ0n) is 13.7. The highest BCUT2D eigenvalue weighted by molar-refractivity contribution is 7.99. The van der Waals surface area contributed by atoms with E-state index in [4.69, 9.17) is 20.3 Å². The Balaban J connectivity index is 3.64. The molecule has 0 aliphatic heterocycles. The molecule has 0 aliphatic carbocycles. The van der Waals surface area contributed by atoms with E-state index in [0.717, 1.165) is 0 Å². The van der Waals surface area contributed by atoms with Gasteiger partial charge in [-0.25, -0.2) is 4.79 Å². The molecule has 7 nitrogen and oxygen atoms in total. The van der Waals surface area contributed by atoms with E-state index in [-0.39, 0.29) is 32.0 Å². The maximum absolute atomic E-state index is 11.5. The number of ether oxygens (including phenoxy) is 2. The number of carbonyl (C=O) groups excluding carboxylic acids is 2. The molecule has 0 aromatic heterocycles. The summed E-state index contributed by atoms with van der Waals surface area (Å²) in [5.74, 6) is 0.253. The third-order valence-corrected chi connectivity index (χ3v) is 4.14. The molecule has 0 fully saturated rings. The van der Waals surface area contributed by atoms with Crippen molar-refractivity contribution < 1.29 is 29.3 Å². The zero-order valence-corrected chi connectivity index (χ0v) is 14.5. The first kappa shape index (κ1) is 21.9. The predicted octanol–water partition coefficient (Wildman–Crippen LogP) is 0.436. The number of nitrogens with two attached hydrogens (primary N) is 1. The number of hydrogen-bond acceptors (Lipinski definition) is 8. The van der Waals surface area contributed by atoms with Crippen molar-refractivity contribution in [2.45, 2.75) is 39.0 Å². The van der Waals surface area contributed by atoms with E-state index in [1.165, 1.54) is 18.7 Å². The Morgan fingerprint density at radius 2 is 1.96 bits per heavy atom. The van der Waals surface area contributed by atoms with Gasteiger partial charge in [0.2, 0.25) is 0 Å². The van der Waals surface area contributed by atoms with Gasteiger partial charge in [-0.15, -0.1) is 0 Å². The summed E-state index contributed by atoms with van der Waals surface area (Å²) in [7, 11) is 0. The second-order valence-corrected chi connectivity index (χ2v) is 6.48. The predicted molar refractivity (Wildman–Crippen MR) is 88.7 cm³/mol. The summed E-state index contributed by atoms with van der Waals surface area (Å²) in [5, 5.41) is 18.7. The average molecular weight is 349 g/mol. The number of thioether (sulfide) groups is 1. The summed E-state index contributed by atoms with van der Waals surface area (Å²) >= 11 is 1.50. The van der Waals surface area contributed by atoms with E-state index in [2.05, 4.69) is 6.58 Å². The van der Waals surface area contributed by atoms with E-state index in [0.29, 0.717) is 17.1 Å². The van der Waals surface area contributed by atoms with E-state index in [9.17, 15) is 14.7 Å². The highest BCUT2D eigenvalue weighted by Gasteiger charge is 2.12. The molecule has 3 unspecified atom stereocenters. The lowest BCUT2D eigenvalue weighted by Gasteiger charge is -2.14. The molecule has 0 radical (unpaired) electrons. The molecule has 134 valence electrons. The van der Waals surface area contributed by atoms with Crippen LogP contribution in [0.25, 0.3) is 0 Å². The summed E-state index contributed by atoms with van der Waals surface area (Å²) < 4.78 is 9.76. The number of aliphatic hydroxyl groups excluding tert-OH is 2. The Labute approximate surface area is 141 Å². The SMILES string of the molecule is C=C(C)C(=O)OCCC(O)COC(=O)CCSCC(C)C(N)O. The van der Waals surface area contributed by atoms with Crippen molar-refractivity contribution in [2.75, 3.05) is 24.7 Å². The lowest BCUT2D eigenvalue weighted by molar-refractivity contribution is -0.147. The number of aliphatic hydroxyl groups is 2. The standard InChI is InChI=1S/C15H27NO6S/c1-10(2)15(20)21-6-4-12(17)8-22-13(18)5-7-23-9-11(3)14(16)19/h11-12,14,17,19H,1,4-9,16H2,2-3H3. The van der Waals surface area contributed by atoms with E-state index >= 15 is 0 Å². The first-order chi connectivity index (χ1) is 10.7. The normalized spacial score (nSPS) is 14.7. The fraction of sp³-hybridized carbons (Fsp3) is 0.733. The molecule has 0 saturated heterocycles. The van der Waals surface area contributed by atoms with Gasteiger partial charge >= 0.3 is 11.9 Å². The summed E-state index contributed by atoms with van der Waals surface area (Å²) in [4.78, 5) is 22.6. The van der Waals surface area contributed by atoms with Crippen molar-refractivity contribution in [3.63, 3.8) is 0 Å². The van der Waals surface area contributed by atoms with Crippen LogP contribution in [0.15, 0.2) is 12.2 Å². The topological polar surface area (TPSA) is 119 Å². The molecule has 0 saturated carbocycles. The lowest BCUT2D eigenvalue weighted by Crippen LogP contribution is -2.29. The van der Waals surface area contributed by atoms with Crippen LogP contribution in [0, 0.1) is 5.92 Å². The molecule has 0 rings (SSSR count). The fourth-order valence-electron chi connectivity index (χ4n) is 1.28. The van der Waals surface area contributed by atoms with Gasteiger partial charge in [-0.1, -0.05) is 13.5 Å². The van der Waals surface area contributed by atoms with Crippen molar-refractivity contribution in [3.8, 4) is 0 Å². The summed E-state index contributed by atoms with van der Waals surface area (Å²) in [6.07, 6.45) is -1.33. The third kappa shape index (κ3) is 12.1. The monoisotopic (exact) mass is 349 g/mol. The van der Waals surface area contributed by atoms with Crippen molar-refractivity contribution >= 4 is 23.7 Å². The van der Waals surface area contributed by atoms with Gasteiger partial charge in [0.25, 0.3) is 0 Å². The molecule has 0 aliphatic rings. The molecule has 0 bridgehead atoms. The fourth-order valence-corrected chi connectivity index (χ4v) is 2.33. The maximum atomic E-state index is 11.5. The van der Waals surface area contributed by atoms with Crippen LogP contribution in [0.1, 0.15) is 26.7 Å². The first-order valence-electron chi connectivity index (χ1n) is 7.41. The van der Waals surface area contributed by atoms with Crippen LogP contribution < -0.4 is 5.73 Å². The number of hydrogen-bond donors (Lipinski definition) is 3. The van der Waals surface area contributed by atoms with Gasteiger partial charge in [0.15, 0.2) is 0 Å². The largest absolute Gasteiger partial charge is 0.463 e. The highest BCUT2D eigenvalue weighted by Crippen LogP contribution is 2.11. The molecular weight excluding hydrogens is 322 g/mol. The molecule has 8 heteroatoms. The maximum Gasteiger partial charge on any atom is 0.333 e. The Morgan fingerprint density at radius 1 is 1.30 bits per heavy atom. The van der Waals surface area contributed by atoms with Crippen molar-refractivity contribution in [1.29, 1.82) is 0 Å². The number of esters is 2. The molecule has 4 N–H and O–H groups in total. The minimum atomic E-state index is -0.878. The first-order valence-corrected chi connectivity index (χ1v) is 8.57. The highest BCUT2D eigenvalue weighted by atomic mass is 32.2. The van der Waals surface area contributed by atoms with Crippen LogP contribution in [-0.2, 0) is 19.1 Å². The Kier molecular flexibility index (Phi) is 11.8. The molecule has 0 amide bonds. The van der Waals surface area contributed by atoms with E-state index in [1.807, 2.05) is 6.92 Å². The zero-order chi connectivity index (χ0) is 17.8. The van der Waals surface area contributed by atoms with Crippen molar-refractivity contribution in [3.05, 3.63) is 12.2 Å². The van der Waals surface area contributed by atoms with E-state index < -0.39 is 24.3 Å². The minimum Gasteiger partial charge on any atom is -0.463 e. The van der Waals surface area contributed by atoms with Crippen LogP contribution in [0.3, 0.4) is 0 Å². The number of rotatable bonds is 12. The Morgan fingerprint density at radius 3 is 2.52 bits per heavy atom.